The van der Waals surface area contributed by atoms with Gasteiger partial charge in [-0.3, -0.25) is 4.31 Å². The van der Waals surface area contributed by atoms with Crippen molar-refractivity contribution in [3.8, 4) is 16.9 Å². The van der Waals surface area contributed by atoms with Crippen LogP contribution in [0, 0.1) is 5.92 Å². The number of anilines is 1. The van der Waals surface area contributed by atoms with Crippen LogP contribution in [-0.2, 0) is 10.0 Å². The average molecular weight is 426 g/mol. The predicted molar refractivity (Wildman–Crippen MR) is 116 cm³/mol. The molecule has 0 amide bonds. The molecular weight excluding hydrogens is 402 g/mol. The summed E-state index contributed by atoms with van der Waals surface area (Å²) in [6.45, 7) is 3.91. The Hall–Kier alpha value is -3.32. The minimum atomic E-state index is -3.94. The second kappa shape index (κ2) is 8.59. The number of hydrogen-bond donors (Lipinski definition) is 2. The van der Waals surface area contributed by atoms with Crippen LogP contribution in [-0.4, -0.2) is 31.1 Å². The molecule has 3 aromatic carbocycles. The molecule has 0 aromatic heterocycles. The number of phenols is 1. The molecule has 0 saturated carbocycles. The minimum absolute atomic E-state index is 0.00884. The van der Waals surface area contributed by atoms with Gasteiger partial charge in [0.1, 0.15) is 11.3 Å². The number of nitrogens with zero attached hydrogens (tertiary/aromatic N) is 1. The molecule has 0 atom stereocenters. The van der Waals surface area contributed by atoms with Gasteiger partial charge in [-0.15, -0.1) is 0 Å². The van der Waals surface area contributed by atoms with E-state index in [1.165, 1.54) is 22.5 Å². The van der Waals surface area contributed by atoms with Crippen molar-refractivity contribution in [2.45, 2.75) is 18.7 Å². The Labute approximate surface area is 176 Å². The Morgan fingerprint density at radius 2 is 1.53 bits per heavy atom. The number of carbonyl (C=O) groups is 1. The molecular formula is C23H23NO5S. The van der Waals surface area contributed by atoms with Crippen molar-refractivity contribution in [3.05, 3.63) is 78.4 Å². The van der Waals surface area contributed by atoms with Gasteiger partial charge in [0.15, 0.2) is 0 Å². The minimum Gasteiger partial charge on any atom is -0.507 e. The molecule has 2 N–H and O–H groups in total. The van der Waals surface area contributed by atoms with Gasteiger partial charge in [0.05, 0.1) is 10.6 Å². The van der Waals surface area contributed by atoms with Gasteiger partial charge in [0, 0.05) is 6.54 Å². The SMILES string of the molecule is CC(C)CN(c1ccc(O)c(C(=O)O)c1)S(=O)(=O)c1ccc(-c2ccccc2)cc1. The Morgan fingerprint density at radius 1 is 0.933 bits per heavy atom. The van der Waals surface area contributed by atoms with Gasteiger partial charge in [-0.1, -0.05) is 56.3 Å². The fraction of sp³-hybridized carbons (Fsp3) is 0.174. The number of benzene rings is 3. The zero-order chi connectivity index (χ0) is 21.9. The van der Waals surface area contributed by atoms with Crippen molar-refractivity contribution in [1.29, 1.82) is 0 Å². The molecule has 156 valence electrons. The predicted octanol–water partition coefficient (Wildman–Crippen LogP) is 4.61. The molecule has 30 heavy (non-hydrogen) atoms. The fourth-order valence-electron chi connectivity index (χ4n) is 3.10. The first kappa shape index (κ1) is 21.4. The monoisotopic (exact) mass is 425 g/mol. The first-order valence-electron chi connectivity index (χ1n) is 9.44. The first-order chi connectivity index (χ1) is 14.2. The number of hydrogen-bond acceptors (Lipinski definition) is 4. The summed E-state index contributed by atoms with van der Waals surface area (Å²) < 4.78 is 28.0. The van der Waals surface area contributed by atoms with E-state index in [0.29, 0.717) is 0 Å². The average Bonchev–Trinajstić information content (AvgIpc) is 2.73. The topological polar surface area (TPSA) is 94.9 Å². The highest BCUT2D eigenvalue weighted by Gasteiger charge is 2.27. The number of carboxylic acid groups (broad SMARTS) is 1. The van der Waals surface area contributed by atoms with E-state index >= 15 is 0 Å². The lowest BCUT2D eigenvalue weighted by Gasteiger charge is -2.26. The van der Waals surface area contributed by atoms with E-state index < -0.39 is 21.7 Å². The number of aromatic hydroxyl groups is 1. The van der Waals surface area contributed by atoms with Crippen LogP contribution < -0.4 is 4.31 Å². The van der Waals surface area contributed by atoms with Crippen LogP contribution in [0.4, 0.5) is 5.69 Å². The van der Waals surface area contributed by atoms with Crippen LogP contribution in [0.15, 0.2) is 77.7 Å². The van der Waals surface area contributed by atoms with Gasteiger partial charge in [0.25, 0.3) is 10.0 Å². The Balaban J connectivity index is 2.03. The van der Waals surface area contributed by atoms with Crippen molar-refractivity contribution in [1.82, 2.24) is 0 Å². The van der Waals surface area contributed by atoms with Crippen LogP contribution >= 0.6 is 0 Å². The normalized spacial score (nSPS) is 11.4. The molecule has 0 fully saturated rings. The van der Waals surface area contributed by atoms with E-state index in [-0.39, 0.29) is 28.6 Å². The van der Waals surface area contributed by atoms with Crippen LogP contribution in [0.2, 0.25) is 0 Å². The molecule has 0 spiro atoms. The van der Waals surface area contributed by atoms with Gasteiger partial charge in [-0.05, 0) is 47.4 Å². The molecule has 0 bridgehead atoms. The standard InChI is InChI=1S/C23H23NO5S/c1-16(2)15-24(19-10-13-22(25)21(14-19)23(26)27)30(28,29)20-11-8-18(9-12-20)17-6-4-3-5-7-17/h3-14,16,25H,15H2,1-2H3,(H,26,27). The fourth-order valence-corrected chi connectivity index (χ4v) is 4.72. The highest BCUT2D eigenvalue weighted by Crippen LogP contribution is 2.30. The van der Waals surface area contributed by atoms with Crippen molar-refractivity contribution < 1.29 is 23.4 Å². The molecule has 3 aromatic rings. The zero-order valence-electron chi connectivity index (χ0n) is 16.7. The molecule has 0 aliphatic rings. The van der Waals surface area contributed by atoms with E-state index in [1.807, 2.05) is 44.2 Å². The van der Waals surface area contributed by atoms with E-state index in [0.717, 1.165) is 11.1 Å². The Kier molecular flexibility index (Phi) is 6.12. The number of aromatic carboxylic acids is 1. The molecule has 6 nitrogen and oxygen atoms in total. The quantitative estimate of drug-likeness (QED) is 0.576. The Morgan fingerprint density at radius 3 is 2.10 bits per heavy atom. The van der Waals surface area contributed by atoms with Crippen LogP contribution in [0.3, 0.4) is 0 Å². The number of carboxylic acids is 1. The lowest BCUT2D eigenvalue weighted by atomic mass is 10.1. The summed E-state index contributed by atoms with van der Waals surface area (Å²) in [6.07, 6.45) is 0. The van der Waals surface area contributed by atoms with Crippen molar-refractivity contribution in [2.75, 3.05) is 10.8 Å². The highest BCUT2D eigenvalue weighted by atomic mass is 32.2. The van der Waals surface area contributed by atoms with Crippen molar-refractivity contribution in [3.63, 3.8) is 0 Å². The third kappa shape index (κ3) is 4.46. The molecule has 0 radical (unpaired) electrons. The van der Waals surface area contributed by atoms with Gasteiger partial charge < -0.3 is 10.2 Å². The lowest BCUT2D eigenvalue weighted by Crippen LogP contribution is -2.34. The maximum atomic E-state index is 13.4. The molecule has 3 rings (SSSR count). The van der Waals surface area contributed by atoms with Crippen molar-refractivity contribution >= 4 is 21.7 Å². The molecule has 0 heterocycles. The van der Waals surface area contributed by atoms with Crippen LogP contribution in [0.1, 0.15) is 24.2 Å². The second-order valence-corrected chi connectivity index (χ2v) is 9.19. The van der Waals surface area contributed by atoms with Crippen LogP contribution in [0.5, 0.6) is 5.75 Å². The third-order valence-electron chi connectivity index (χ3n) is 4.58. The summed E-state index contributed by atoms with van der Waals surface area (Å²) in [5.41, 5.74) is 1.70. The molecule has 0 aliphatic carbocycles. The maximum absolute atomic E-state index is 13.4. The summed E-state index contributed by atoms with van der Waals surface area (Å²) in [7, 11) is -3.94. The van der Waals surface area contributed by atoms with E-state index in [4.69, 9.17) is 0 Å². The van der Waals surface area contributed by atoms with Gasteiger partial charge in [-0.25, -0.2) is 13.2 Å². The molecule has 7 heteroatoms. The summed E-state index contributed by atoms with van der Waals surface area (Å²) in [5, 5.41) is 19.1. The summed E-state index contributed by atoms with van der Waals surface area (Å²) >= 11 is 0. The number of sulfonamides is 1. The van der Waals surface area contributed by atoms with E-state index in [9.17, 15) is 23.4 Å². The van der Waals surface area contributed by atoms with E-state index in [2.05, 4.69) is 0 Å². The largest absolute Gasteiger partial charge is 0.507 e. The number of rotatable bonds is 7. The van der Waals surface area contributed by atoms with Gasteiger partial charge in [0.2, 0.25) is 0 Å². The maximum Gasteiger partial charge on any atom is 0.339 e. The Bertz CT molecular complexity index is 1140. The summed E-state index contributed by atoms with van der Waals surface area (Å²) in [5.74, 6) is -1.76. The lowest BCUT2D eigenvalue weighted by molar-refractivity contribution is 0.0693. The van der Waals surface area contributed by atoms with Crippen molar-refractivity contribution in [2.24, 2.45) is 5.92 Å². The molecule has 0 saturated heterocycles. The molecule has 0 unspecified atom stereocenters. The van der Waals surface area contributed by atoms with Crippen LogP contribution in [0.25, 0.3) is 11.1 Å². The van der Waals surface area contributed by atoms with Gasteiger partial charge >= 0.3 is 5.97 Å². The third-order valence-corrected chi connectivity index (χ3v) is 6.39. The zero-order valence-corrected chi connectivity index (χ0v) is 17.5. The summed E-state index contributed by atoms with van der Waals surface area (Å²) in [4.78, 5) is 11.5. The second-order valence-electron chi connectivity index (χ2n) is 7.33. The summed E-state index contributed by atoms with van der Waals surface area (Å²) in [6, 6.07) is 20.0. The van der Waals surface area contributed by atoms with E-state index in [1.54, 1.807) is 24.3 Å². The van der Waals surface area contributed by atoms with Gasteiger partial charge in [-0.2, -0.15) is 0 Å². The first-order valence-corrected chi connectivity index (χ1v) is 10.9. The highest BCUT2D eigenvalue weighted by molar-refractivity contribution is 7.92. The molecule has 0 aliphatic heterocycles. The smallest absolute Gasteiger partial charge is 0.339 e.